The first kappa shape index (κ1) is 14.2. The third kappa shape index (κ3) is 3.67. The van der Waals surface area contributed by atoms with E-state index >= 15 is 0 Å². The first-order valence-corrected chi connectivity index (χ1v) is 5.99. The number of rotatable bonds is 3. The van der Waals surface area contributed by atoms with E-state index in [1.807, 2.05) is 13.8 Å². The molecule has 1 nitrogen and oxygen atoms in total. The van der Waals surface area contributed by atoms with Crippen molar-refractivity contribution in [3.05, 3.63) is 34.9 Å². The van der Waals surface area contributed by atoms with Crippen LogP contribution in [0.25, 0.3) is 0 Å². The Labute approximate surface area is 94.7 Å². The van der Waals surface area contributed by atoms with Crippen LogP contribution in [0.15, 0.2) is 18.2 Å². The molecule has 2 N–H and O–H groups in total. The van der Waals surface area contributed by atoms with Crippen molar-refractivity contribution < 1.29 is 0 Å². The summed E-state index contributed by atoms with van der Waals surface area (Å²) in [5.74, 6) is 0.624. The van der Waals surface area contributed by atoms with Gasteiger partial charge in [-0.05, 0) is 36.0 Å². The maximum absolute atomic E-state index is 5.74. The summed E-state index contributed by atoms with van der Waals surface area (Å²) in [4.78, 5) is 0. The summed E-state index contributed by atoms with van der Waals surface area (Å²) in [5, 5.41) is 0. The van der Waals surface area contributed by atoms with Gasteiger partial charge in [-0.3, -0.25) is 0 Å². The molecular weight excluding hydrogens is 182 g/mol. The molecule has 1 unspecified atom stereocenters. The van der Waals surface area contributed by atoms with Gasteiger partial charge in [0, 0.05) is 6.54 Å². The summed E-state index contributed by atoms with van der Waals surface area (Å²) in [6.07, 6.45) is 1.18. The molecule has 86 valence electrons. The molecule has 0 bridgehead atoms. The summed E-state index contributed by atoms with van der Waals surface area (Å²) in [6, 6.07) is 6.45. The molecular formula is C14H25N. The van der Waals surface area contributed by atoms with Crippen LogP contribution in [0.1, 0.15) is 56.7 Å². The molecule has 0 aliphatic carbocycles. The zero-order chi connectivity index (χ0) is 11.8. The molecule has 0 fully saturated rings. The SMILES string of the molecule is CC.CCC(C)c1cccc(C)c1CN. The van der Waals surface area contributed by atoms with Crippen LogP contribution in [0.4, 0.5) is 0 Å². The van der Waals surface area contributed by atoms with Gasteiger partial charge in [-0.15, -0.1) is 0 Å². The first-order valence-electron chi connectivity index (χ1n) is 5.99. The van der Waals surface area contributed by atoms with Crippen molar-refractivity contribution in [3.8, 4) is 0 Å². The summed E-state index contributed by atoms with van der Waals surface area (Å²) in [5.41, 5.74) is 9.82. The Morgan fingerprint density at radius 3 is 2.33 bits per heavy atom. The van der Waals surface area contributed by atoms with Crippen LogP contribution < -0.4 is 5.73 Å². The Bertz CT molecular complexity index is 279. The zero-order valence-electron chi connectivity index (χ0n) is 10.8. The molecule has 1 rings (SSSR count). The molecule has 0 saturated heterocycles. The van der Waals surface area contributed by atoms with E-state index in [9.17, 15) is 0 Å². The van der Waals surface area contributed by atoms with Gasteiger partial charge in [-0.25, -0.2) is 0 Å². The van der Waals surface area contributed by atoms with Crippen molar-refractivity contribution in [1.29, 1.82) is 0 Å². The fraction of sp³-hybridized carbons (Fsp3) is 0.571. The van der Waals surface area contributed by atoms with Crippen molar-refractivity contribution in [2.24, 2.45) is 5.73 Å². The van der Waals surface area contributed by atoms with E-state index in [0.29, 0.717) is 12.5 Å². The predicted octanol–water partition coefficient (Wildman–Crippen LogP) is 3.99. The number of benzene rings is 1. The second-order valence-electron chi connectivity index (χ2n) is 3.66. The van der Waals surface area contributed by atoms with Crippen molar-refractivity contribution >= 4 is 0 Å². The van der Waals surface area contributed by atoms with E-state index < -0.39 is 0 Å². The highest BCUT2D eigenvalue weighted by atomic mass is 14.5. The van der Waals surface area contributed by atoms with Crippen LogP contribution in [0.2, 0.25) is 0 Å². The molecule has 0 amide bonds. The molecule has 0 aromatic heterocycles. The number of nitrogens with two attached hydrogens (primary N) is 1. The van der Waals surface area contributed by atoms with Crippen molar-refractivity contribution in [2.45, 2.75) is 53.5 Å². The first-order chi connectivity index (χ1) is 7.20. The summed E-state index contributed by atoms with van der Waals surface area (Å²) >= 11 is 0. The lowest BCUT2D eigenvalue weighted by atomic mass is 9.91. The van der Waals surface area contributed by atoms with Crippen LogP contribution in [0.3, 0.4) is 0 Å². The molecule has 0 heterocycles. The summed E-state index contributed by atoms with van der Waals surface area (Å²) in [6.45, 7) is 11.3. The van der Waals surface area contributed by atoms with Crippen molar-refractivity contribution in [3.63, 3.8) is 0 Å². The fourth-order valence-electron chi connectivity index (χ4n) is 1.69. The van der Waals surface area contributed by atoms with Gasteiger partial charge in [0.25, 0.3) is 0 Å². The van der Waals surface area contributed by atoms with Crippen molar-refractivity contribution in [1.82, 2.24) is 0 Å². The topological polar surface area (TPSA) is 26.0 Å². The van der Waals surface area contributed by atoms with Crippen LogP contribution in [0, 0.1) is 6.92 Å². The third-order valence-corrected chi connectivity index (χ3v) is 2.79. The van der Waals surface area contributed by atoms with Gasteiger partial charge in [0.2, 0.25) is 0 Å². The Hall–Kier alpha value is -0.820. The average molecular weight is 207 g/mol. The second kappa shape index (κ2) is 7.47. The lowest BCUT2D eigenvalue weighted by Gasteiger charge is -2.15. The molecule has 1 aromatic carbocycles. The minimum atomic E-state index is 0.624. The van der Waals surface area contributed by atoms with Crippen LogP contribution in [-0.4, -0.2) is 0 Å². The van der Waals surface area contributed by atoms with Gasteiger partial charge >= 0.3 is 0 Å². The predicted molar refractivity (Wildman–Crippen MR) is 69.1 cm³/mol. The lowest BCUT2D eigenvalue weighted by Crippen LogP contribution is -2.06. The van der Waals surface area contributed by atoms with E-state index in [-0.39, 0.29) is 0 Å². The summed E-state index contributed by atoms with van der Waals surface area (Å²) < 4.78 is 0. The molecule has 0 saturated carbocycles. The third-order valence-electron chi connectivity index (χ3n) is 2.79. The molecule has 0 spiro atoms. The standard InChI is InChI=1S/C12H19N.C2H6/c1-4-9(2)11-7-5-6-10(3)12(11)8-13;1-2/h5-7,9H,4,8,13H2,1-3H3;1-2H3. The molecule has 15 heavy (non-hydrogen) atoms. The van der Waals surface area contributed by atoms with E-state index in [1.54, 1.807) is 0 Å². The zero-order valence-corrected chi connectivity index (χ0v) is 10.8. The van der Waals surface area contributed by atoms with Crippen LogP contribution in [-0.2, 0) is 6.54 Å². The van der Waals surface area contributed by atoms with E-state index in [0.717, 1.165) is 0 Å². The van der Waals surface area contributed by atoms with Gasteiger partial charge in [-0.1, -0.05) is 45.9 Å². The van der Waals surface area contributed by atoms with Crippen LogP contribution in [0.5, 0.6) is 0 Å². The van der Waals surface area contributed by atoms with Gasteiger partial charge in [0.1, 0.15) is 0 Å². The van der Waals surface area contributed by atoms with E-state index in [2.05, 4.69) is 39.0 Å². The highest BCUT2D eigenvalue weighted by Gasteiger charge is 2.08. The highest BCUT2D eigenvalue weighted by Crippen LogP contribution is 2.24. The average Bonchev–Trinajstić information content (AvgIpc) is 2.30. The Kier molecular flexibility index (Phi) is 7.06. The Morgan fingerprint density at radius 2 is 1.87 bits per heavy atom. The maximum Gasteiger partial charge on any atom is 0.0183 e. The second-order valence-corrected chi connectivity index (χ2v) is 3.66. The fourth-order valence-corrected chi connectivity index (χ4v) is 1.69. The van der Waals surface area contributed by atoms with Gasteiger partial charge in [0.05, 0.1) is 0 Å². The number of aryl methyl sites for hydroxylation is 1. The summed E-state index contributed by atoms with van der Waals surface area (Å²) in [7, 11) is 0. The quantitative estimate of drug-likeness (QED) is 0.796. The van der Waals surface area contributed by atoms with Crippen LogP contribution >= 0.6 is 0 Å². The van der Waals surface area contributed by atoms with Gasteiger partial charge < -0.3 is 5.73 Å². The Morgan fingerprint density at radius 1 is 1.27 bits per heavy atom. The Balaban J connectivity index is 0.000000921. The minimum Gasteiger partial charge on any atom is -0.326 e. The number of hydrogen-bond acceptors (Lipinski definition) is 1. The molecule has 0 aliphatic rings. The monoisotopic (exact) mass is 207 g/mol. The van der Waals surface area contributed by atoms with Gasteiger partial charge in [-0.2, -0.15) is 0 Å². The number of hydrogen-bond donors (Lipinski definition) is 1. The molecule has 0 radical (unpaired) electrons. The molecule has 1 aromatic rings. The van der Waals surface area contributed by atoms with Gasteiger partial charge in [0.15, 0.2) is 0 Å². The normalized spacial score (nSPS) is 11.6. The largest absolute Gasteiger partial charge is 0.326 e. The smallest absolute Gasteiger partial charge is 0.0183 e. The maximum atomic E-state index is 5.74. The lowest BCUT2D eigenvalue weighted by molar-refractivity contribution is 0.720. The minimum absolute atomic E-state index is 0.624. The molecule has 1 heteroatoms. The van der Waals surface area contributed by atoms with Crippen molar-refractivity contribution in [2.75, 3.05) is 0 Å². The molecule has 0 aliphatic heterocycles. The molecule has 1 atom stereocenters. The van der Waals surface area contributed by atoms with E-state index in [1.165, 1.54) is 23.1 Å². The highest BCUT2D eigenvalue weighted by molar-refractivity contribution is 5.36. The van der Waals surface area contributed by atoms with E-state index in [4.69, 9.17) is 5.73 Å².